The zero-order valence-corrected chi connectivity index (χ0v) is 14.4. The lowest BCUT2D eigenvalue weighted by Gasteiger charge is -2.14. The second-order valence-electron chi connectivity index (χ2n) is 6.45. The van der Waals surface area contributed by atoms with Gasteiger partial charge in [-0.1, -0.05) is 54.6 Å². The van der Waals surface area contributed by atoms with E-state index in [1.807, 2.05) is 24.3 Å². The summed E-state index contributed by atoms with van der Waals surface area (Å²) in [6.45, 7) is 2.06. The van der Waals surface area contributed by atoms with Crippen LogP contribution in [0, 0.1) is 6.92 Å². The van der Waals surface area contributed by atoms with Gasteiger partial charge in [0.05, 0.1) is 0 Å². The Kier molecular flexibility index (Phi) is 4.09. The van der Waals surface area contributed by atoms with Gasteiger partial charge in [-0.3, -0.25) is 5.32 Å². The highest BCUT2D eigenvalue weighted by Gasteiger charge is 2.28. The molecule has 0 aromatic heterocycles. The Balaban J connectivity index is 1.49. The molecule has 0 unspecified atom stereocenters. The predicted octanol–water partition coefficient (Wildman–Crippen LogP) is 5.06. The Morgan fingerprint density at radius 2 is 1.62 bits per heavy atom. The number of aryl methyl sites for hydroxylation is 1. The summed E-state index contributed by atoms with van der Waals surface area (Å²) < 4.78 is 5.48. The van der Waals surface area contributed by atoms with Crippen molar-refractivity contribution in [3.8, 4) is 16.9 Å². The summed E-state index contributed by atoms with van der Waals surface area (Å²) in [7, 11) is 0. The van der Waals surface area contributed by atoms with Crippen molar-refractivity contribution in [1.29, 1.82) is 0 Å². The van der Waals surface area contributed by atoms with Gasteiger partial charge in [-0.15, -0.1) is 0 Å². The molecular formula is C22H19NO3. The van der Waals surface area contributed by atoms with E-state index >= 15 is 0 Å². The highest BCUT2D eigenvalue weighted by Crippen LogP contribution is 2.44. The first-order valence-corrected chi connectivity index (χ1v) is 8.55. The first-order valence-electron chi connectivity index (χ1n) is 8.55. The molecule has 3 aromatic rings. The number of rotatable bonds is 3. The molecule has 1 aliphatic rings. The highest BCUT2D eigenvalue weighted by atomic mass is 16.5. The number of benzene rings is 3. The molecule has 4 nitrogen and oxygen atoms in total. The first-order chi connectivity index (χ1) is 12.6. The summed E-state index contributed by atoms with van der Waals surface area (Å²) in [6, 6.07) is 21.4. The van der Waals surface area contributed by atoms with Crippen LogP contribution in [-0.2, 0) is 4.74 Å². The van der Waals surface area contributed by atoms with Gasteiger partial charge in [0.25, 0.3) is 0 Å². The minimum absolute atomic E-state index is 0.0274. The lowest BCUT2D eigenvalue weighted by molar-refractivity contribution is 0.158. The van der Waals surface area contributed by atoms with E-state index in [1.165, 1.54) is 28.3 Å². The molecule has 0 saturated carbocycles. The molecule has 0 aliphatic heterocycles. The van der Waals surface area contributed by atoms with Crippen molar-refractivity contribution in [1.82, 2.24) is 0 Å². The van der Waals surface area contributed by atoms with Crippen LogP contribution in [0.1, 0.15) is 22.6 Å². The maximum absolute atomic E-state index is 12.2. The normalized spacial score (nSPS) is 12.3. The van der Waals surface area contributed by atoms with Crippen LogP contribution in [0.15, 0.2) is 66.7 Å². The molecule has 1 aliphatic carbocycles. The average molecular weight is 345 g/mol. The maximum Gasteiger partial charge on any atom is 0.411 e. The summed E-state index contributed by atoms with van der Waals surface area (Å²) in [5.41, 5.74) is 6.00. The predicted molar refractivity (Wildman–Crippen MR) is 102 cm³/mol. The fourth-order valence-corrected chi connectivity index (χ4v) is 3.44. The number of hydrogen-bond donors (Lipinski definition) is 2. The number of anilines is 1. The van der Waals surface area contributed by atoms with E-state index in [-0.39, 0.29) is 18.3 Å². The van der Waals surface area contributed by atoms with Crippen molar-refractivity contribution in [3.05, 3.63) is 83.4 Å². The Morgan fingerprint density at radius 3 is 2.23 bits per heavy atom. The van der Waals surface area contributed by atoms with Crippen LogP contribution < -0.4 is 5.32 Å². The number of hydrogen-bond acceptors (Lipinski definition) is 3. The van der Waals surface area contributed by atoms with Crippen molar-refractivity contribution in [3.63, 3.8) is 0 Å². The number of phenols is 1. The van der Waals surface area contributed by atoms with Crippen LogP contribution in [0.4, 0.5) is 10.5 Å². The first kappa shape index (κ1) is 16.2. The van der Waals surface area contributed by atoms with Gasteiger partial charge in [0.2, 0.25) is 0 Å². The average Bonchev–Trinajstić information content (AvgIpc) is 2.97. The minimum Gasteiger partial charge on any atom is -0.508 e. The van der Waals surface area contributed by atoms with Crippen molar-refractivity contribution in [2.75, 3.05) is 11.9 Å². The molecule has 130 valence electrons. The van der Waals surface area contributed by atoms with Crippen LogP contribution in [0.3, 0.4) is 0 Å². The number of carbonyl (C=O) groups is 1. The smallest absolute Gasteiger partial charge is 0.411 e. The van der Waals surface area contributed by atoms with E-state index in [2.05, 4.69) is 29.6 Å². The molecule has 0 saturated heterocycles. The number of phenolic OH excluding ortho intramolecular Hbond substituents is 1. The minimum atomic E-state index is -0.532. The summed E-state index contributed by atoms with van der Waals surface area (Å²) in [6.07, 6.45) is -0.532. The summed E-state index contributed by atoms with van der Waals surface area (Å²) in [5, 5.41) is 12.4. The molecule has 0 heterocycles. The number of aromatic hydroxyl groups is 1. The molecule has 0 bridgehead atoms. The molecule has 0 spiro atoms. The van der Waals surface area contributed by atoms with Crippen molar-refractivity contribution in [2.45, 2.75) is 12.8 Å². The Labute approximate surface area is 152 Å². The van der Waals surface area contributed by atoms with Crippen LogP contribution in [0.2, 0.25) is 0 Å². The number of amides is 1. The number of carbonyl (C=O) groups excluding carboxylic acids is 1. The molecule has 26 heavy (non-hydrogen) atoms. The maximum atomic E-state index is 12.2. The third kappa shape index (κ3) is 2.90. The van der Waals surface area contributed by atoms with Gasteiger partial charge in [-0.2, -0.15) is 0 Å². The fraction of sp³-hybridized carbons (Fsp3) is 0.136. The SMILES string of the molecule is Cc1ccc(NC(=O)OCC2c3ccccc3-c3ccccc32)cc1O. The van der Waals surface area contributed by atoms with E-state index in [9.17, 15) is 9.90 Å². The van der Waals surface area contributed by atoms with Gasteiger partial charge in [0.1, 0.15) is 12.4 Å². The zero-order valence-electron chi connectivity index (χ0n) is 14.4. The van der Waals surface area contributed by atoms with Crippen molar-refractivity contribution in [2.24, 2.45) is 0 Å². The largest absolute Gasteiger partial charge is 0.508 e. The van der Waals surface area contributed by atoms with Gasteiger partial charge in [-0.05, 0) is 40.8 Å². The topological polar surface area (TPSA) is 58.6 Å². The van der Waals surface area contributed by atoms with E-state index in [4.69, 9.17) is 4.74 Å². The molecule has 0 atom stereocenters. The second-order valence-corrected chi connectivity index (χ2v) is 6.45. The zero-order chi connectivity index (χ0) is 18.1. The van der Waals surface area contributed by atoms with E-state index in [0.717, 1.165) is 5.56 Å². The van der Waals surface area contributed by atoms with Gasteiger partial charge in [-0.25, -0.2) is 4.79 Å². The molecule has 2 N–H and O–H groups in total. The third-order valence-electron chi connectivity index (χ3n) is 4.80. The molecule has 0 radical (unpaired) electrons. The molecule has 1 amide bonds. The number of ether oxygens (including phenoxy) is 1. The Morgan fingerprint density at radius 1 is 1.00 bits per heavy atom. The molecular weight excluding hydrogens is 326 g/mol. The molecule has 0 fully saturated rings. The summed E-state index contributed by atoms with van der Waals surface area (Å²) in [4.78, 5) is 12.2. The fourth-order valence-electron chi connectivity index (χ4n) is 3.44. The van der Waals surface area contributed by atoms with Gasteiger partial charge < -0.3 is 9.84 Å². The van der Waals surface area contributed by atoms with Crippen LogP contribution in [0.5, 0.6) is 5.75 Å². The van der Waals surface area contributed by atoms with Gasteiger partial charge >= 0.3 is 6.09 Å². The van der Waals surface area contributed by atoms with Crippen LogP contribution >= 0.6 is 0 Å². The van der Waals surface area contributed by atoms with E-state index in [0.29, 0.717) is 5.69 Å². The van der Waals surface area contributed by atoms with Crippen molar-refractivity contribution >= 4 is 11.8 Å². The standard InChI is InChI=1S/C22H19NO3/c1-14-10-11-15(12-21(14)24)23-22(25)26-13-20-18-8-4-2-6-16(18)17-7-3-5-9-19(17)20/h2-12,20,24H,13H2,1H3,(H,23,25). The van der Waals surface area contributed by atoms with Crippen LogP contribution in [-0.4, -0.2) is 17.8 Å². The van der Waals surface area contributed by atoms with E-state index in [1.54, 1.807) is 19.1 Å². The molecule has 3 aromatic carbocycles. The van der Waals surface area contributed by atoms with E-state index < -0.39 is 6.09 Å². The van der Waals surface area contributed by atoms with Crippen LogP contribution in [0.25, 0.3) is 11.1 Å². The van der Waals surface area contributed by atoms with Gasteiger partial charge in [0.15, 0.2) is 0 Å². The Bertz CT molecular complexity index is 935. The summed E-state index contributed by atoms with van der Waals surface area (Å²) in [5.74, 6) is 0.168. The Hall–Kier alpha value is -3.27. The third-order valence-corrected chi connectivity index (χ3v) is 4.80. The molecule has 4 rings (SSSR count). The lowest BCUT2D eigenvalue weighted by Crippen LogP contribution is -2.17. The highest BCUT2D eigenvalue weighted by molar-refractivity contribution is 5.85. The lowest BCUT2D eigenvalue weighted by atomic mass is 9.98. The quantitative estimate of drug-likeness (QED) is 0.697. The van der Waals surface area contributed by atoms with Gasteiger partial charge in [0, 0.05) is 17.7 Å². The monoisotopic (exact) mass is 345 g/mol. The van der Waals surface area contributed by atoms with Crippen molar-refractivity contribution < 1.29 is 14.6 Å². The second kappa shape index (κ2) is 6.56. The number of nitrogens with one attached hydrogen (secondary N) is 1. The summed E-state index contributed by atoms with van der Waals surface area (Å²) >= 11 is 0. The molecule has 4 heteroatoms. The number of fused-ring (bicyclic) bond motifs is 3.